The first kappa shape index (κ1) is 25.4. The van der Waals surface area contributed by atoms with E-state index in [2.05, 4.69) is 13.7 Å². The van der Waals surface area contributed by atoms with E-state index in [1.807, 2.05) is 6.08 Å². The zero-order valence-corrected chi connectivity index (χ0v) is 17.9. The summed E-state index contributed by atoms with van der Waals surface area (Å²) in [5.74, 6) is -0.635. The van der Waals surface area contributed by atoms with E-state index in [1.165, 1.54) is 0 Å². The molecule has 15 nitrogen and oxygen atoms in total. The molecule has 17 heteroatoms. The van der Waals surface area contributed by atoms with Crippen LogP contribution in [-0.2, 0) is 48.2 Å². The summed E-state index contributed by atoms with van der Waals surface area (Å²) in [7, 11) is -10.1. The smallest absolute Gasteiger partial charge is 0.387 e. The fraction of sp³-hybridized carbons (Fsp3) is 0.800. The van der Waals surface area contributed by atoms with Gasteiger partial charge in [0.15, 0.2) is 6.29 Å². The second kappa shape index (κ2) is 9.94. The molecule has 2 fully saturated rings. The number of aliphatic hydroxyl groups is 2. The zero-order valence-electron chi connectivity index (χ0n) is 16.3. The van der Waals surface area contributed by atoms with Crippen LogP contribution in [0.15, 0.2) is 12.2 Å². The first-order chi connectivity index (χ1) is 14.8. The summed E-state index contributed by atoms with van der Waals surface area (Å²) in [6.45, 7) is -1.28. The van der Waals surface area contributed by atoms with Crippen molar-refractivity contribution in [2.45, 2.75) is 49.3 Å². The summed E-state index contributed by atoms with van der Waals surface area (Å²) >= 11 is 0. The van der Waals surface area contributed by atoms with Gasteiger partial charge in [-0.25, -0.2) is 8.37 Å². The maximum atomic E-state index is 12.2. The molecule has 5 N–H and O–H groups in total. The van der Waals surface area contributed by atoms with E-state index in [0.29, 0.717) is 6.42 Å². The quantitative estimate of drug-likeness (QED) is 0.113. The molecule has 3 aliphatic heterocycles. The van der Waals surface area contributed by atoms with Gasteiger partial charge in [-0.3, -0.25) is 13.9 Å². The van der Waals surface area contributed by atoms with Crippen molar-refractivity contribution in [3.63, 3.8) is 0 Å². The van der Waals surface area contributed by atoms with Crippen LogP contribution in [0, 0.1) is 5.92 Å². The lowest BCUT2D eigenvalue weighted by atomic mass is 9.93. The van der Waals surface area contributed by atoms with Crippen molar-refractivity contribution in [2.24, 2.45) is 5.92 Å². The monoisotopic (exact) mass is 505 g/mol. The molecule has 32 heavy (non-hydrogen) atoms. The third-order valence-electron chi connectivity index (χ3n) is 5.01. The maximum absolute atomic E-state index is 12.2. The summed E-state index contributed by atoms with van der Waals surface area (Å²) < 4.78 is 85.4. The molecule has 2 bridgehead atoms. The van der Waals surface area contributed by atoms with Crippen LogP contribution in [0.2, 0.25) is 0 Å². The van der Waals surface area contributed by atoms with E-state index < -0.39 is 58.1 Å². The van der Waals surface area contributed by atoms with Gasteiger partial charge in [-0.2, -0.15) is 16.8 Å². The maximum Gasteiger partial charge on any atom is 0.397 e. The van der Waals surface area contributed by atoms with E-state index in [-0.39, 0.29) is 37.2 Å². The number of carbonyl (C=O) groups excluding carboxylic acids is 1. The molecule has 0 spiro atoms. The summed E-state index contributed by atoms with van der Waals surface area (Å²) in [6, 6.07) is 0. The van der Waals surface area contributed by atoms with Gasteiger partial charge < -0.3 is 29.7 Å². The Hall–Kier alpha value is -1.25. The van der Waals surface area contributed by atoms with Crippen molar-refractivity contribution in [2.75, 3.05) is 19.8 Å². The highest BCUT2D eigenvalue weighted by Crippen LogP contribution is 2.33. The molecule has 0 aliphatic carbocycles. The SMILES string of the molecule is O=C(NCCOC1OC(COS(=O)(=O)O)C(O)C(OS(=O)(=O)O)C1O)C1CC2C=CC1O2. The first-order valence-corrected chi connectivity index (χ1v) is 12.1. The Morgan fingerprint density at radius 2 is 1.78 bits per heavy atom. The highest BCUT2D eigenvalue weighted by Gasteiger charge is 2.48. The van der Waals surface area contributed by atoms with Gasteiger partial charge in [0, 0.05) is 6.54 Å². The largest absolute Gasteiger partial charge is 0.397 e. The Balaban J connectivity index is 1.55. The lowest BCUT2D eigenvalue weighted by Gasteiger charge is -2.41. The van der Waals surface area contributed by atoms with Crippen LogP contribution in [0.5, 0.6) is 0 Å². The van der Waals surface area contributed by atoms with Crippen LogP contribution in [-0.4, -0.2) is 105 Å². The minimum absolute atomic E-state index is 0.0401. The van der Waals surface area contributed by atoms with E-state index in [0.717, 1.165) is 0 Å². The molecule has 0 aromatic heterocycles. The number of nitrogens with one attached hydrogen (secondary N) is 1. The molecule has 184 valence electrons. The van der Waals surface area contributed by atoms with Crippen LogP contribution in [0.3, 0.4) is 0 Å². The molecule has 1 amide bonds. The number of hydrogen-bond acceptors (Lipinski definition) is 12. The third kappa shape index (κ3) is 6.64. The summed E-state index contributed by atoms with van der Waals surface area (Å²) in [5.41, 5.74) is 0. The van der Waals surface area contributed by atoms with Gasteiger partial charge in [0.2, 0.25) is 5.91 Å². The predicted molar refractivity (Wildman–Crippen MR) is 99.5 cm³/mol. The van der Waals surface area contributed by atoms with E-state index in [9.17, 15) is 31.8 Å². The van der Waals surface area contributed by atoms with Gasteiger partial charge in [-0.05, 0) is 6.42 Å². The van der Waals surface area contributed by atoms with E-state index >= 15 is 0 Å². The Morgan fingerprint density at radius 1 is 1.06 bits per heavy atom. The number of rotatable bonds is 10. The molecule has 8 atom stereocenters. The predicted octanol–water partition coefficient (Wildman–Crippen LogP) is -3.08. The van der Waals surface area contributed by atoms with Crippen LogP contribution >= 0.6 is 0 Å². The van der Waals surface area contributed by atoms with E-state index in [4.69, 9.17) is 23.3 Å². The van der Waals surface area contributed by atoms with Crippen molar-refractivity contribution in [1.29, 1.82) is 0 Å². The second-order valence-electron chi connectivity index (χ2n) is 7.25. The minimum Gasteiger partial charge on any atom is -0.387 e. The standard InChI is InChI=1S/C15H23NO14S2/c17-11-10(6-27-31(20,21)22)29-15(12(18)13(11)30-32(23,24)25)26-4-3-16-14(19)8-5-7-1-2-9(8)28-7/h1-2,7-13,15,17-18H,3-6H2,(H,16,19)(H,20,21,22)(H,23,24,25). The Labute approximate surface area is 183 Å². The number of fused-ring (bicyclic) bond motifs is 2. The number of aliphatic hydroxyl groups excluding tert-OH is 2. The fourth-order valence-electron chi connectivity index (χ4n) is 3.59. The number of amides is 1. The van der Waals surface area contributed by atoms with Crippen LogP contribution in [0.1, 0.15) is 6.42 Å². The normalized spacial score (nSPS) is 37.0. The molecular formula is C15H23NO14S2. The molecule has 3 rings (SSSR count). The molecule has 8 unspecified atom stereocenters. The van der Waals surface area contributed by atoms with Crippen molar-refractivity contribution < 1.29 is 63.5 Å². The Kier molecular flexibility index (Phi) is 7.88. The summed E-state index contributed by atoms with van der Waals surface area (Å²) in [4.78, 5) is 12.2. The van der Waals surface area contributed by atoms with Gasteiger partial charge in [0.05, 0.1) is 31.3 Å². The third-order valence-corrected chi connectivity index (χ3v) is 5.91. The molecule has 0 aromatic rings. The molecular weight excluding hydrogens is 482 g/mol. The average molecular weight is 505 g/mol. The lowest BCUT2D eigenvalue weighted by Crippen LogP contribution is -2.61. The summed E-state index contributed by atoms with van der Waals surface area (Å²) in [5, 5.41) is 23.0. The van der Waals surface area contributed by atoms with Crippen molar-refractivity contribution >= 4 is 26.7 Å². The second-order valence-corrected chi connectivity index (χ2v) is 9.39. The molecule has 3 heterocycles. The van der Waals surface area contributed by atoms with E-state index in [1.54, 1.807) is 6.08 Å². The average Bonchev–Trinajstić information content (AvgIpc) is 3.31. The van der Waals surface area contributed by atoms with Crippen molar-refractivity contribution in [1.82, 2.24) is 5.32 Å². The molecule has 0 saturated carbocycles. The van der Waals surface area contributed by atoms with Crippen molar-refractivity contribution in [3.8, 4) is 0 Å². The number of carbonyl (C=O) groups is 1. The van der Waals surface area contributed by atoms with Crippen LogP contribution in [0.4, 0.5) is 0 Å². The molecule has 0 aromatic carbocycles. The lowest BCUT2D eigenvalue weighted by molar-refractivity contribution is -0.295. The van der Waals surface area contributed by atoms with Crippen LogP contribution in [0.25, 0.3) is 0 Å². The van der Waals surface area contributed by atoms with Crippen LogP contribution < -0.4 is 5.32 Å². The van der Waals surface area contributed by atoms with Crippen molar-refractivity contribution in [3.05, 3.63) is 12.2 Å². The first-order valence-electron chi connectivity index (χ1n) is 9.36. The van der Waals surface area contributed by atoms with Gasteiger partial charge in [-0.15, -0.1) is 0 Å². The fourth-order valence-corrected chi connectivity index (χ4v) is 4.41. The highest BCUT2D eigenvalue weighted by molar-refractivity contribution is 7.81. The van der Waals surface area contributed by atoms with Gasteiger partial charge in [0.25, 0.3) is 0 Å². The Bertz CT molecular complexity index is 920. The van der Waals surface area contributed by atoms with Gasteiger partial charge >= 0.3 is 20.8 Å². The minimum atomic E-state index is -5.14. The zero-order chi connectivity index (χ0) is 23.7. The van der Waals surface area contributed by atoms with Gasteiger partial charge in [-0.1, -0.05) is 12.2 Å². The molecule has 0 radical (unpaired) electrons. The van der Waals surface area contributed by atoms with Gasteiger partial charge in [0.1, 0.15) is 24.4 Å². The number of hydrogen-bond donors (Lipinski definition) is 5. The topological polar surface area (TPSA) is 224 Å². The highest BCUT2D eigenvalue weighted by atomic mass is 32.3. The number of ether oxygens (including phenoxy) is 3. The summed E-state index contributed by atoms with van der Waals surface area (Å²) in [6.07, 6.45) is -5.47. The Morgan fingerprint density at radius 3 is 2.34 bits per heavy atom. The molecule has 3 aliphatic rings. The molecule has 2 saturated heterocycles.